The van der Waals surface area contributed by atoms with Crippen LogP contribution in [0.15, 0.2) is 0 Å². The Morgan fingerprint density at radius 3 is 1.00 bits per heavy atom. The van der Waals surface area contributed by atoms with Crippen molar-refractivity contribution < 1.29 is 12.9 Å². The minimum Gasteiger partial charge on any atom is -0.254 e. The Morgan fingerprint density at radius 2 is 1.00 bits per heavy atom. The summed E-state index contributed by atoms with van der Waals surface area (Å²) in [6.07, 6.45) is 0. The van der Waals surface area contributed by atoms with Gasteiger partial charge < -0.3 is 0 Å². The van der Waals surface area contributed by atoms with Crippen LogP contribution in [0.25, 0.3) is 0 Å². The third-order valence-electron chi connectivity index (χ3n) is 0. The van der Waals surface area contributed by atoms with Gasteiger partial charge in [0.2, 0.25) is 0 Å². The smallest absolute Gasteiger partial charge is 0.254 e. The van der Waals surface area contributed by atoms with Crippen LogP contribution in [-0.4, -0.2) is 26.4 Å². The van der Waals surface area contributed by atoms with Crippen LogP contribution in [0.2, 0.25) is 0 Å². The summed E-state index contributed by atoms with van der Waals surface area (Å²) < 4.78 is 29.0. The molecule has 0 aromatic rings. The van der Waals surface area contributed by atoms with Crippen LogP contribution in [0.5, 0.6) is 0 Å². The van der Waals surface area contributed by atoms with E-state index in [0.717, 1.165) is 0 Å². The van der Waals surface area contributed by atoms with E-state index in [2.05, 4.69) is 0 Å². The first-order valence-electron chi connectivity index (χ1n) is 0.655. The second-order valence-electron chi connectivity index (χ2n) is 0.247. The van der Waals surface area contributed by atoms with Crippen molar-refractivity contribution in [1.29, 1.82) is 0 Å². The van der Waals surface area contributed by atoms with Gasteiger partial charge >= 0.3 is 7.54 Å². The summed E-state index contributed by atoms with van der Waals surface area (Å²) in [6.45, 7) is 0. The fourth-order valence-corrected chi connectivity index (χ4v) is 0. The van der Waals surface area contributed by atoms with Crippen LogP contribution < -0.4 is 0 Å². The Kier molecular flexibility index (Phi) is 8.08. The molecule has 0 fully saturated rings. The molecule has 0 aliphatic carbocycles. The van der Waals surface area contributed by atoms with Gasteiger partial charge in [-0.15, -0.1) is 0 Å². The van der Waals surface area contributed by atoms with Crippen molar-refractivity contribution in [3.63, 3.8) is 0 Å². The van der Waals surface area contributed by atoms with Crippen molar-refractivity contribution in [1.82, 2.24) is 0 Å². The van der Waals surface area contributed by atoms with Gasteiger partial charge in [-0.2, -0.15) is 0 Å². The summed E-state index contributed by atoms with van der Waals surface area (Å²) >= 11 is 0. The van der Waals surface area contributed by atoms with E-state index in [1.54, 1.807) is 0 Å². The first kappa shape index (κ1) is 9.07. The molecule has 0 aromatic carbocycles. The van der Waals surface area contributed by atoms with Gasteiger partial charge in [0, 0.05) is 18.9 Å². The topological polar surface area (TPSA) is 0 Å². The number of halogens is 3. The number of hydrogen-bond donors (Lipinski definition) is 0. The standard InChI is InChI=1S/BF3.Li/c2-1(3)4;. The summed E-state index contributed by atoms with van der Waals surface area (Å²) in [5.74, 6) is 0. The molecule has 0 aliphatic rings. The van der Waals surface area contributed by atoms with E-state index >= 15 is 0 Å². The predicted octanol–water partition coefficient (Wildman–Crippen LogP) is 0.499. The van der Waals surface area contributed by atoms with E-state index in [9.17, 15) is 12.9 Å². The summed E-state index contributed by atoms with van der Waals surface area (Å²) in [4.78, 5) is 0. The Morgan fingerprint density at radius 1 is 1.00 bits per heavy atom. The van der Waals surface area contributed by atoms with Crippen LogP contribution >= 0.6 is 0 Å². The molecule has 25 valence electrons. The zero-order valence-electron chi connectivity index (χ0n) is 2.71. The first-order chi connectivity index (χ1) is 1.73. The van der Waals surface area contributed by atoms with Crippen LogP contribution in [-0.2, 0) is 0 Å². The minimum absolute atomic E-state index is 0. The van der Waals surface area contributed by atoms with Gasteiger partial charge in [-0.05, 0) is 0 Å². The third kappa shape index (κ3) is 131. The molecule has 0 atom stereocenters. The Balaban J connectivity index is 0. The third-order valence-corrected chi connectivity index (χ3v) is 0. The van der Waals surface area contributed by atoms with Gasteiger partial charge in [0.15, 0.2) is 0 Å². The molecule has 5 heteroatoms. The molecule has 0 saturated heterocycles. The van der Waals surface area contributed by atoms with E-state index in [4.69, 9.17) is 0 Å². The second-order valence-corrected chi connectivity index (χ2v) is 0.247. The molecule has 0 bridgehead atoms. The van der Waals surface area contributed by atoms with Crippen molar-refractivity contribution >= 4 is 26.4 Å². The Hall–Kier alpha value is 0.452. The van der Waals surface area contributed by atoms with Gasteiger partial charge in [0.25, 0.3) is 0 Å². The van der Waals surface area contributed by atoms with E-state index in [1.807, 2.05) is 0 Å². The van der Waals surface area contributed by atoms with Crippen molar-refractivity contribution in [2.24, 2.45) is 0 Å². The zero-order valence-corrected chi connectivity index (χ0v) is 2.71. The molecule has 0 rings (SSSR count). The summed E-state index contributed by atoms with van der Waals surface area (Å²) in [7, 11) is -3.67. The van der Waals surface area contributed by atoms with Crippen LogP contribution in [0.4, 0.5) is 12.9 Å². The normalized spacial score (nSPS) is 5.40. The average Bonchev–Trinajstić information content (AvgIpc) is 0.811. The Labute approximate surface area is 40.1 Å². The fourth-order valence-electron chi connectivity index (χ4n) is 0. The van der Waals surface area contributed by atoms with Gasteiger partial charge in [-0.1, -0.05) is 0 Å². The molecule has 0 spiro atoms. The second kappa shape index (κ2) is 4.45. The average molecular weight is 74.7 g/mol. The molecule has 0 nitrogen and oxygen atoms in total. The maximum atomic E-state index is 9.67. The van der Waals surface area contributed by atoms with E-state index < -0.39 is 7.54 Å². The van der Waals surface area contributed by atoms with E-state index in [0.29, 0.717) is 0 Å². The molecule has 0 amide bonds. The van der Waals surface area contributed by atoms with E-state index in [-0.39, 0.29) is 18.9 Å². The largest absolute Gasteiger partial charge is 0.762 e. The maximum Gasteiger partial charge on any atom is 0.762 e. The molecule has 1 radical (unpaired) electrons. The van der Waals surface area contributed by atoms with Crippen molar-refractivity contribution in [3.05, 3.63) is 0 Å². The quantitative estimate of drug-likeness (QED) is 0.367. The van der Waals surface area contributed by atoms with Gasteiger partial charge in [-0.3, -0.25) is 12.9 Å². The summed E-state index contributed by atoms with van der Waals surface area (Å²) in [6, 6.07) is 0. The SMILES string of the molecule is FB(F)F.[Li]. The van der Waals surface area contributed by atoms with Crippen LogP contribution in [0.1, 0.15) is 0 Å². The summed E-state index contributed by atoms with van der Waals surface area (Å²) in [5, 5.41) is 0. The minimum atomic E-state index is -3.67. The van der Waals surface area contributed by atoms with Crippen molar-refractivity contribution in [2.45, 2.75) is 0 Å². The Bertz CT molecular complexity index is 11.6. The molecule has 0 saturated carbocycles. The van der Waals surface area contributed by atoms with Gasteiger partial charge in [-0.25, -0.2) is 0 Å². The first-order valence-corrected chi connectivity index (χ1v) is 0.655. The molecule has 0 unspecified atom stereocenters. The predicted molar refractivity (Wildman–Crippen MR) is 14.8 cm³/mol. The molecular weight excluding hydrogens is 74.7 g/mol. The van der Waals surface area contributed by atoms with Gasteiger partial charge in [0.1, 0.15) is 0 Å². The molecule has 0 aliphatic heterocycles. The van der Waals surface area contributed by atoms with Gasteiger partial charge in [0.05, 0.1) is 0 Å². The maximum absolute atomic E-state index is 9.67. The monoisotopic (exact) mass is 75.0 g/mol. The molecule has 5 heavy (non-hydrogen) atoms. The molecule has 0 aromatic heterocycles. The van der Waals surface area contributed by atoms with Crippen LogP contribution in [0.3, 0.4) is 0 Å². The van der Waals surface area contributed by atoms with Crippen LogP contribution in [0, 0.1) is 0 Å². The number of hydrogen-bond acceptors (Lipinski definition) is 0. The van der Waals surface area contributed by atoms with E-state index in [1.165, 1.54) is 0 Å². The summed E-state index contributed by atoms with van der Waals surface area (Å²) in [5.41, 5.74) is 0. The van der Waals surface area contributed by atoms with Crippen molar-refractivity contribution in [3.8, 4) is 0 Å². The number of rotatable bonds is 0. The van der Waals surface area contributed by atoms with Crippen molar-refractivity contribution in [2.75, 3.05) is 0 Å². The molecule has 0 N–H and O–H groups in total. The zero-order chi connectivity index (χ0) is 3.58. The molecular formula is BF3Li. The fraction of sp³-hybridized carbons (Fsp3) is 0. The molecule has 0 heterocycles.